The monoisotopic (exact) mass is 398 g/mol. The number of hydrogen-bond acceptors (Lipinski definition) is 2. The zero-order chi connectivity index (χ0) is 20.5. The summed E-state index contributed by atoms with van der Waals surface area (Å²) in [7, 11) is 0. The molecule has 2 heterocycles. The normalized spacial score (nSPS) is 16.5. The average molecular weight is 399 g/mol. The number of anilines is 1. The molecule has 0 unspecified atom stereocenters. The molecular formula is C26H26N2O2. The van der Waals surface area contributed by atoms with E-state index in [1.807, 2.05) is 58.0 Å². The predicted octanol–water partition coefficient (Wildman–Crippen LogP) is 5.56. The fourth-order valence-electron chi connectivity index (χ4n) is 4.96. The van der Waals surface area contributed by atoms with Gasteiger partial charge in [0.05, 0.1) is 18.8 Å². The van der Waals surface area contributed by atoms with E-state index in [2.05, 4.69) is 12.1 Å². The third kappa shape index (κ3) is 3.36. The van der Waals surface area contributed by atoms with Crippen molar-refractivity contribution in [1.82, 2.24) is 4.57 Å². The topological polar surface area (TPSA) is 42.3 Å². The van der Waals surface area contributed by atoms with Crippen LogP contribution in [0.1, 0.15) is 75.7 Å². The Morgan fingerprint density at radius 3 is 2.40 bits per heavy atom. The van der Waals surface area contributed by atoms with Crippen LogP contribution in [0.25, 0.3) is 0 Å². The van der Waals surface area contributed by atoms with Gasteiger partial charge in [0.15, 0.2) is 6.29 Å². The van der Waals surface area contributed by atoms with Gasteiger partial charge < -0.3 is 9.47 Å². The molecule has 2 aromatic carbocycles. The van der Waals surface area contributed by atoms with E-state index >= 15 is 0 Å². The molecule has 4 nitrogen and oxygen atoms in total. The molecule has 0 radical (unpaired) electrons. The fourth-order valence-corrected chi connectivity index (χ4v) is 4.96. The number of rotatable bonds is 3. The molecule has 0 N–H and O–H groups in total. The fraction of sp³-hybridized carbons (Fsp3) is 0.308. The lowest BCUT2D eigenvalue weighted by Gasteiger charge is -2.24. The number of aldehydes is 1. The second-order valence-corrected chi connectivity index (χ2v) is 8.43. The van der Waals surface area contributed by atoms with Crippen LogP contribution in [0.4, 0.5) is 5.69 Å². The van der Waals surface area contributed by atoms with Crippen LogP contribution in [0.3, 0.4) is 0 Å². The predicted molar refractivity (Wildman–Crippen MR) is 118 cm³/mol. The van der Waals surface area contributed by atoms with Crippen molar-refractivity contribution in [3.63, 3.8) is 0 Å². The minimum absolute atomic E-state index is 0.0000489. The smallest absolute Gasteiger partial charge is 0.258 e. The van der Waals surface area contributed by atoms with Crippen LogP contribution in [0.2, 0.25) is 0 Å². The van der Waals surface area contributed by atoms with Gasteiger partial charge >= 0.3 is 0 Å². The first-order valence-corrected chi connectivity index (χ1v) is 10.9. The minimum atomic E-state index is -0.0000489. The van der Waals surface area contributed by atoms with Crippen LogP contribution in [0, 0.1) is 0 Å². The molecule has 1 saturated carbocycles. The number of aromatic nitrogens is 1. The molecular weight excluding hydrogens is 372 g/mol. The maximum absolute atomic E-state index is 13.5. The molecule has 0 bridgehead atoms. The quantitative estimate of drug-likeness (QED) is 0.542. The Labute approximate surface area is 177 Å². The minimum Gasteiger partial charge on any atom is -0.336 e. The summed E-state index contributed by atoms with van der Waals surface area (Å²) in [5, 5.41) is 0. The van der Waals surface area contributed by atoms with Crippen LogP contribution < -0.4 is 4.90 Å². The van der Waals surface area contributed by atoms with Gasteiger partial charge in [0.2, 0.25) is 0 Å². The summed E-state index contributed by atoms with van der Waals surface area (Å²) in [5.74, 6) is 0.631. The Hall–Kier alpha value is -3.14. The summed E-state index contributed by atoms with van der Waals surface area (Å²) in [6, 6.07) is 20.0. The van der Waals surface area contributed by atoms with Gasteiger partial charge in [-0.3, -0.25) is 9.59 Å². The molecule has 30 heavy (non-hydrogen) atoms. The van der Waals surface area contributed by atoms with Gasteiger partial charge in [-0.1, -0.05) is 49.6 Å². The van der Waals surface area contributed by atoms with Crippen molar-refractivity contribution in [1.29, 1.82) is 0 Å². The molecule has 1 amide bonds. The summed E-state index contributed by atoms with van der Waals surface area (Å²) < 4.78 is 2.01. The van der Waals surface area contributed by atoms with Gasteiger partial charge in [0.25, 0.3) is 5.91 Å². The van der Waals surface area contributed by atoms with Crippen molar-refractivity contribution >= 4 is 17.9 Å². The highest BCUT2D eigenvalue weighted by Gasteiger charge is 2.26. The highest BCUT2D eigenvalue weighted by Crippen LogP contribution is 2.33. The van der Waals surface area contributed by atoms with Gasteiger partial charge in [-0.15, -0.1) is 0 Å². The van der Waals surface area contributed by atoms with Crippen LogP contribution in [-0.2, 0) is 13.1 Å². The first kappa shape index (κ1) is 18.9. The lowest BCUT2D eigenvalue weighted by atomic mass is 9.84. The zero-order valence-electron chi connectivity index (χ0n) is 17.1. The second kappa shape index (κ2) is 7.94. The molecule has 1 fully saturated rings. The molecule has 1 aliphatic carbocycles. The molecule has 0 atom stereocenters. The lowest BCUT2D eigenvalue weighted by molar-refractivity contribution is 0.0984. The van der Waals surface area contributed by atoms with Crippen molar-refractivity contribution in [3.05, 3.63) is 88.7 Å². The van der Waals surface area contributed by atoms with Crippen molar-refractivity contribution in [2.24, 2.45) is 0 Å². The third-order valence-corrected chi connectivity index (χ3v) is 6.64. The standard InChI is InChI=1S/C26H26N2O2/c29-18-24-15-14-23-17-28(25-9-5-4-8-22(25)16-27(23)24)26(30)21-12-10-20(11-13-21)19-6-2-1-3-7-19/h4-5,8-15,18-19H,1-3,6-7,16-17H2. The zero-order valence-corrected chi connectivity index (χ0v) is 17.1. The summed E-state index contributed by atoms with van der Waals surface area (Å²) >= 11 is 0. The van der Waals surface area contributed by atoms with Crippen molar-refractivity contribution < 1.29 is 9.59 Å². The molecule has 5 rings (SSSR count). The number of benzene rings is 2. The summed E-state index contributed by atoms with van der Waals surface area (Å²) in [6.07, 6.45) is 7.34. The van der Waals surface area contributed by atoms with E-state index in [-0.39, 0.29) is 5.91 Å². The van der Waals surface area contributed by atoms with E-state index in [1.165, 1.54) is 37.7 Å². The van der Waals surface area contributed by atoms with Crippen LogP contribution in [-0.4, -0.2) is 16.8 Å². The van der Waals surface area contributed by atoms with Crippen molar-refractivity contribution in [3.8, 4) is 0 Å². The Morgan fingerprint density at radius 2 is 1.63 bits per heavy atom. The van der Waals surface area contributed by atoms with Gasteiger partial charge in [0, 0.05) is 16.9 Å². The SMILES string of the molecule is O=Cc1ccc2n1Cc1ccccc1N(C(=O)c1ccc(C3CCCCC3)cc1)C2. The van der Waals surface area contributed by atoms with E-state index < -0.39 is 0 Å². The number of carbonyl (C=O) groups excluding carboxylic acids is 2. The Bertz CT molecular complexity index is 1070. The third-order valence-electron chi connectivity index (χ3n) is 6.64. The molecule has 0 spiro atoms. The molecule has 1 aromatic heterocycles. The number of carbonyl (C=O) groups is 2. The number of hydrogen-bond donors (Lipinski definition) is 0. The number of para-hydroxylation sites is 1. The number of fused-ring (bicyclic) bond motifs is 2. The summed E-state index contributed by atoms with van der Waals surface area (Å²) in [5.41, 5.74) is 5.64. The van der Waals surface area contributed by atoms with Crippen molar-refractivity contribution in [2.45, 2.75) is 51.1 Å². The summed E-state index contributed by atoms with van der Waals surface area (Å²) in [4.78, 5) is 26.8. The van der Waals surface area contributed by atoms with Gasteiger partial charge in [-0.25, -0.2) is 0 Å². The molecule has 1 aliphatic heterocycles. The average Bonchev–Trinajstić information content (AvgIpc) is 3.11. The van der Waals surface area contributed by atoms with Crippen LogP contribution >= 0.6 is 0 Å². The molecule has 152 valence electrons. The van der Waals surface area contributed by atoms with Crippen LogP contribution in [0.15, 0.2) is 60.7 Å². The Morgan fingerprint density at radius 1 is 0.867 bits per heavy atom. The van der Waals surface area contributed by atoms with Gasteiger partial charge in [0.1, 0.15) is 0 Å². The molecule has 0 saturated heterocycles. The van der Waals surface area contributed by atoms with Gasteiger partial charge in [-0.2, -0.15) is 0 Å². The van der Waals surface area contributed by atoms with E-state index in [0.29, 0.717) is 30.3 Å². The van der Waals surface area contributed by atoms with E-state index in [1.54, 1.807) is 0 Å². The molecule has 2 aliphatic rings. The molecule has 4 heteroatoms. The van der Waals surface area contributed by atoms with E-state index in [4.69, 9.17) is 0 Å². The van der Waals surface area contributed by atoms with E-state index in [0.717, 1.165) is 23.2 Å². The Balaban J connectivity index is 1.47. The van der Waals surface area contributed by atoms with E-state index in [9.17, 15) is 9.59 Å². The Kier molecular flexibility index (Phi) is 4.99. The lowest BCUT2D eigenvalue weighted by Crippen LogP contribution is -2.30. The highest BCUT2D eigenvalue weighted by atomic mass is 16.2. The number of nitrogens with zero attached hydrogens (tertiary/aromatic N) is 2. The maximum atomic E-state index is 13.5. The van der Waals surface area contributed by atoms with Crippen LogP contribution in [0.5, 0.6) is 0 Å². The second-order valence-electron chi connectivity index (χ2n) is 8.43. The summed E-state index contributed by atoms with van der Waals surface area (Å²) in [6.45, 7) is 1.05. The van der Waals surface area contributed by atoms with Gasteiger partial charge in [-0.05, 0) is 60.2 Å². The first-order valence-electron chi connectivity index (χ1n) is 10.9. The first-order chi connectivity index (χ1) is 14.7. The maximum Gasteiger partial charge on any atom is 0.258 e. The van der Waals surface area contributed by atoms with Crippen molar-refractivity contribution in [2.75, 3.05) is 4.90 Å². The number of amides is 1. The molecule has 3 aromatic rings. The highest BCUT2D eigenvalue weighted by molar-refractivity contribution is 6.06. The largest absolute Gasteiger partial charge is 0.336 e.